The number of pyridine rings is 2. The molecule has 0 saturated carbocycles. The molecule has 0 amide bonds. The molecule has 2 aromatic rings. The van der Waals surface area contributed by atoms with Crippen molar-refractivity contribution in [3.05, 3.63) is 107 Å². The van der Waals surface area contributed by atoms with Crippen molar-refractivity contribution < 1.29 is 47.6 Å². The highest BCUT2D eigenvalue weighted by Crippen LogP contribution is 2.36. The second-order valence-electron chi connectivity index (χ2n) is 14.3. The van der Waals surface area contributed by atoms with E-state index in [9.17, 15) is 19.2 Å². The predicted molar refractivity (Wildman–Crippen MR) is 206 cm³/mol. The minimum absolute atomic E-state index is 0.0205. The molecule has 3 aliphatic heterocycles. The van der Waals surface area contributed by atoms with Crippen LogP contribution in [0.25, 0.3) is 0 Å². The fourth-order valence-corrected chi connectivity index (χ4v) is 6.97. The summed E-state index contributed by atoms with van der Waals surface area (Å²) in [5.74, 6) is -4.02. The normalized spacial score (nSPS) is 26.0. The van der Waals surface area contributed by atoms with Crippen LogP contribution in [0.2, 0.25) is 0 Å². The molecule has 12 heteroatoms. The molecule has 4 bridgehead atoms. The summed E-state index contributed by atoms with van der Waals surface area (Å²) in [6.07, 6.45) is 24.3. The average Bonchev–Trinajstić information content (AvgIpc) is 3.84. The second-order valence-corrected chi connectivity index (χ2v) is 14.3. The maximum Gasteiger partial charge on any atom is 0.345 e. The molecule has 0 radical (unpaired) electrons. The smallest absolute Gasteiger partial charge is 0.345 e. The van der Waals surface area contributed by atoms with Crippen LogP contribution >= 0.6 is 0 Å². The summed E-state index contributed by atoms with van der Waals surface area (Å²) >= 11 is 0. The zero-order valence-electron chi connectivity index (χ0n) is 32.6. The van der Waals surface area contributed by atoms with Gasteiger partial charge < -0.3 is 28.4 Å². The quantitative estimate of drug-likeness (QED) is 0.189. The Morgan fingerprint density at radius 1 is 0.607 bits per heavy atom. The maximum absolute atomic E-state index is 13.6. The Balaban J connectivity index is 1.25. The van der Waals surface area contributed by atoms with Gasteiger partial charge >= 0.3 is 11.9 Å². The zero-order valence-corrected chi connectivity index (χ0v) is 32.6. The van der Waals surface area contributed by atoms with Crippen molar-refractivity contribution in [3.8, 4) is 0 Å². The Bertz CT molecular complexity index is 1640. The molecule has 0 fully saturated rings. The van der Waals surface area contributed by atoms with Crippen LogP contribution in [0.15, 0.2) is 96.0 Å². The number of aromatic nitrogens is 2. The van der Waals surface area contributed by atoms with Crippen molar-refractivity contribution in [1.29, 1.82) is 0 Å². The van der Waals surface area contributed by atoms with Gasteiger partial charge in [0.15, 0.2) is 11.6 Å². The molecule has 5 rings (SSSR count). The van der Waals surface area contributed by atoms with Crippen molar-refractivity contribution in [2.24, 2.45) is 0 Å². The van der Waals surface area contributed by atoms with Crippen LogP contribution < -0.4 is 0 Å². The molecular formula is C44H54N2O10. The molecule has 56 heavy (non-hydrogen) atoms. The molecule has 0 unspecified atom stereocenters. The predicted octanol–water partition coefficient (Wildman–Crippen LogP) is 8.02. The first kappa shape index (κ1) is 42.2. The van der Waals surface area contributed by atoms with Crippen LogP contribution in [0.4, 0.5) is 0 Å². The highest BCUT2D eigenvalue weighted by Gasteiger charge is 2.39. The van der Waals surface area contributed by atoms with E-state index < -0.39 is 23.5 Å². The summed E-state index contributed by atoms with van der Waals surface area (Å²) in [4.78, 5) is 62.2. The summed E-state index contributed by atoms with van der Waals surface area (Å²) in [5, 5.41) is 0. The molecule has 300 valence electrons. The van der Waals surface area contributed by atoms with Gasteiger partial charge in [0.05, 0.1) is 0 Å². The van der Waals surface area contributed by atoms with Gasteiger partial charge in [-0.25, -0.2) is 9.59 Å². The number of rotatable bonds is 8. The number of esters is 2. The van der Waals surface area contributed by atoms with Crippen molar-refractivity contribution in [3.63, 3.8) is 0 Å². The monoisotopic (exact) mass is 770 g/mol. The molecule has 12 nitrogen and oxygen atoms in total. The zero-order chi connectivity index (χ0) is 39.6. The highest BCUT2D eigenvalue weighted by atomic mass is 16.7. The third-order valence-electron chi connectivity index (χ3n) is 10.2. The number of nitrogens with zero attached hydrogens (tertiary/aromatic N) is 2. The number of carbonyl (C=O) groups is 4. The molecule has 5 heterocycles. The van der Waals surface area contributed by atoms with Gasteiger partial charge in [0, 0.05) is 75.8 Å². The minimum Gasteiger partial charge on any atom is -0.458 e. The van der Waals surface area contributed by atoms with E-state index in [-0.39, 0.29) is 60.3 Å². The number of carbonyl (C=O) groups excluding carboxylic acids is 4. The van der Waals surface area contributed by atoms with Crippen molar-refractivity contribution in [2.75, 3.05) is 14.2 Å². The molecule has 0 saturated heterocycles. The highest BCUT2D eigenvalue weighted by molar-refractivity contribution is 6.18. The van der Waals surface area contributed by atoms with E-state index in [1.165, 1.54) is 0 Å². The van der Waals surface area contributed by atoms with E-state index in [2.05, 4.69) is 9.97 Å². The van der Waals surface area contributed by atoms with Crippen LogP contribution in [-0.2, 0) is 60.8 Å². The summed E-state index contributed by atoms with van der Waals surface area (Å²) in [7, 11) is 3.09. The van der Waals surface area contributed by atoms with Gasteiger partial charge in [-0.1, -0.05) is 63.5 Å². The van der Waals surface area contributed by atoms with Crippen molar-refractivity contribution >= 4 is 23.5 Å². The number of ketones is 2. The Kier molecular flexibility index (Phi) is 16.1. The Morgan fingerprint density at radius 3 is 1.38 bits per heavy atom. The fourth-order valence-electron chi connectivity index (χ4n) is 6.97. The second kappa shape index (κ2) is 21.4. The topological polar surface area (TPSA) is 149 Å². The lowest BCUT2D eigenvalue weighted by atomic mass is 10.0. The van der Waals surface area contributed by atoms with Gasteiger partial charge in [-0.05, 0) is 62.1 Å². The van der Waals surface area contributed by atoms with E-state index in [0.29, 0.717) is 36.8 Å². The largest absolute Gasteiger partial charge is 0.458 e. The van der Waals surface area contributed by atoms with Gasteiger partial charge in [0.1, 0.15) is 35.9 Å². The van der Waals surface area contributed by atoms with Crippen LogP contribution in [0.1, 0.15) is 114 Å². The van der Waals surface area contributed by atoms with E-state index in [0.717, 1.165) is 64.2 Å². The molecule has 0 aliphatic carbocycles. The molecular weight excluding hydrogens is 716 g/mol. The third-order valence-corrected chi connectivity index (χ3v) is 10.2. The molecule has 3 aliphatic rings. The Labute approximate surface area is 329 Å². The fraction of sp³-hybridized carbons (Fsp3) is 0.500. The van der Waals surface area contributed by atoms with E-state index in [1.807, 2.05) is 0 Å². The van der Waals surface area contributed by atoms with E-state index in [4.69, 9.17) is 28.4 Å². The van der Waals surface area contributed by atoms with Crippen LogP contribution in [0.3, 0.4) is 0 Å². The number of hydrogen-bond donors (Lipinski definition) is 0. The summed E-state index contributed by atoms with van der Waals surface area (Å²) in [6, 6.07) is 7.11. The van der Waals surface area contributed by atoms with Crippen molar-refractivity contribution in [2.45, 2.75) is 128 Å². The van der Waals surface area contributed by atoms with Crippen LogP contribution in [-0.4, -0.2) is 59.3 Å². The molecule has 0 N–H and O–H groups in total. The lowest BCUT2D eigenvalue weighted by Gasteiger charge is -2.27. The van der Waals surface area contributed by atoms with Crippen molar-refractivity contribution in [1.82, 2.24) is 9.97 Å². The number of ether oxygens (including phenoxy) is 6. The number of fused-ring (bicyclic) bond motifs is 4. The molecule has 2 aromatic heterocycles. The average molecular weight is 771 g/mol. The summed E-state index contributed by atoms with van der Waals surface area (Å²) < 4.78 is 35.2. The summed E-state index contributed by atoms with van der Waals surface area (Å²) in [6.45, 7) is -0.0409. The third kappa shape index (κ3) is 12.0. The lowest BCUT2D eigenvalue weighted by molar-refractivity contribution is -0.159. The number of hydrogen-bond acceptors (Lipinski definition) is 12. The SMILES string of the molecule is CO[C@]12C=C/C(=C(\C(=O)OCc3cccnc3)C(=O)CCCCCCCC[C@@]3(OC)C=C/C(=C(\C(=O)OCc4cccnc4)C(=O)CCCCCCCC1)O3)O2. The van der Waals surface area contributed by atoms with Gasteiger partial charge in [-0.2, -0.15) is 0 Å². The van der Waals surface area contributed by atoms with Gasteiger partial charge in [-0.3, -0.25) is 19.6 Å². The first-order chi connectivity index (χ1) is 27.3. The number of allylic oxidation sites excluding steroid dienone is 2. The van der Waals surface area contributed by atoms with Crippen LogP contribution in [0, 0.1) is 0 Å². The molecule has 2 atom stereocenters. The Hall–Kier alpha value is -4.94. The van der Waals surface area contributed by atoms with E-state index in [1.54, 1.807) is 87.6 Å². The van der Waals surface area contributed by atoms with Gasteiger partial charge in [0.2, 0.25) is 11.6 Å². The first-order valence-electron chi connectivity index (χ1n) is 19.8. The van der Waals surface area contributed by atoms with Gasteiger partial charge in [-0.15, -0.1) is 0 Å². The van der Waals surface area contributed by atoms with E-state index >= 15 is 0 Å². The molecule has 0 spiro atoms. The Morgan fingerprint density at radius 2 is 1.00 bits per heavy atom. The molecule has 0 aromatic carbocycles. The summed E-state index contributed by atoms with van der Waals surface area (Å²) in [5.41, 5.74) is 1.21. The minimum atomic E-state index is -1.10. The van der Waals surface area contributed by atoms with Crippen LogP contribution in [0.5, 0.6) is 0 Å². The number of methoxy groups -OCH3 is 2. The first-order valence-corrected chi connectivity index (χ1v) is 19.8. The van der Waals surface area contributed by atoms with Gasteiger partial charge in [0.25, 0.3) is 0 Å². The lowest BCUT2D eigenvalue weighted by Crippen LogP contribution is -2.30. The standard InChI is InChI=1S/C44H54N2O10/c1-51-43-23-13-9-5-3-7-12-20-36(48)40(42(50)54-32-34-18-16-28-46-30-34)38-22-26-44(52-2,56-38)24-14-10-6-4-8-11-19-35(47)39(37(55-43)21-25-43)41(49)53-31-33-17-15-27-45-29-33/h15-18,21-22,25-30H,3-14,19-20,23-24,31-32H2,1-2H3/b39-37+,40-38+/t43-,44+. The maximum atomic E-state index is 13.6. The number of Topliss-reactive ketones (excluding diaryl/α,β-unsaturated/α-hetero) is 2.